The molecule has 6 rings (SSSR count). The topological polar surface area (TPSA) is 49.8 Å². The highest BCUT2D eigenvalue weighted by molar-refractivity contribution is 5.95. The summed E-state index contributed by atoms with van der Waals surface area (Å²) in [5.74, 6) is 1.42. The number of carbonyl (C=O) groups excluding carboxylic acids is 1. The Morgan fingerprint density at radius 1 is 1.36 bits per heavy atom. The number of rotatable bonds is 2. The van der Waals surface area contributed by atoms with E-state index in [9.17, 15) is 9.90 Å². The maximum absolute atomic E-state index is 12.5. The van der Waals surface area contributed by atoms with Gasteiger partial charge < -0.3 is 9.84 Å². The zero-order valence-corrected chi connectivity index (χ0v) is 14.7. The van der Waals surface area contributed by atoms with Gasteiger partial charge in [0.05, 0.1) is 11.7 Å². The van der Waals surface area contributed by atoms with E-state index in [1.54, 1.807) is 6.08 Å². The first kappa shape index (κ1) is 15.1. The number of ether oxygens (including phenoxy) is 1. The van der Waals surface area contributed by atoms with Crippen molar-refractivity contribution in [1.82, 2.24) is 4.90 Å². The number of hydrogen-bond acceptors (Lipinski definition) is 4. The van der Waals surface area contributed by atoms with Gasteiger partial charge in [-0.05, 0) is 68.6 Å². The lowest BCUT2D eigenvalue weighted by molar-refractivity contribution is -0.241. The molecule has 2 bridgehead atoms. The van der Waals surface area contributed by atoms with Gasteiger partial charge in [-0.3, -0.25) is 9.69 Å². The van der Waals surface area contributed by atoms with Crippen LogP contribution in [0, 0.1) is 23.2 Å². The van der Waals surface area contributed by atoms with E-state index in [1.165, 1.54) is 12.8 Å². The van der Waals surface area contributed by atoms with Crippen LogP contribution < -0.4 is 0 Å². The molecule has 0 aromatic carbocycles. The Morgan fingerprint density at radius 2 is 2.20 bits per heavy atom. The van der Waals surface area contributed by atoms with Gasteiger partial charge in [0, 0.05) is 23.9 Å². The minimum atomic E-state index is -0.729. The average molecular weight is 341 g/mol. The van der Waals surface area contributed by atoms with Crippen molar-refractivity contribution in [3.8, 4) is 0 Å². The second kappa shape index (κ2) is 4.65. The summed E-state index contributed by atoms with van der Waals surface area (Å²) in [5.41, 5.74) is 0.0657. The van der Waals surface area contributed by atoms with E-state index in [1.807, 2.05) is 0 Å². The Bertz CT molecular complexity index is 697. The molecule has 5 fully saturated rings. The second-order valence-electron chi connectivity index (χ2n) is 9.45. The van der Waals surface area contributed by atoms with Crippen LogP contribution in [0.3, 0.4) is 0 Å². The molecule has 3 saturated carbocycles. The summed E-state index contributed by atoms with van der Waals surface area (Å²) in [4.78, 5) is 15.1. The van der Waals surface area contributed by atoms with E-state index in [-0.39, 0.29) is 35.4 Å². The molecule has 1 N–H and O–H groups in total. The van der Waals surface area contributed by atoms with Crippen molar-refractivity contribution in [2.45, 2.75) is 62.4 Å². The predicted octanol–water partition coefficient (Wildman–Crippen LogP) is 2.08. The summed E-state index contributed by atoms with van der Waals surface area (Å²) in [7, 11) is 0. The summed E-state index contributed by atoms with van der Waals surface area (Å²) in [6.07, 6.45) is 9.57. The molecule has 134 valence electrons. The molecule has 0 aromatic heterocycles. The highest BCUT2D eigenvalue weighted by atomic mass is 16.5. The molecule has 25 heavy (non-hydrogen) atoms. The Balaban J connectivity index is 1.50. The molecule has 2 saturated heterocycles. The summed E-state index contributed by atoms with van der Waals surface area (Å²) in [6.45, 7) is 6.46. The van der Waals surface area contributed by atoms with E-state index >= 15 is 0 Å². The van der Waals surface area contributed by atoms with Gasteiger partial charge in [0.1, 0.15) is 6.10 Å². The van der Waals surface area contributed by atoms with E-state index in [4.69, 9.17) is 4.74 Å². The molecule has 4 aliphatic carbocycles. The molecular formula is C21H27NO3. The highest BCUT2D eigenvalue weighted by Crippen LogP contribution is 2.69. The molecule has 4 nitrogen and oxygen atoms in total. The van der Waals surface area contributed by atoms with Crippen molar-refractivity contribution in [3.05, 3.63) is 24.3 Å². The molecule has 7 unspecified atom stereocenters. The SMILES string of the molecule is C=C1CCC2(O)C3CC4C=CC(=O)C5OC1C2(CCN3CC1CC1)C45. The molecule has 0 radical (unpaired) electrons. The average Bonchev–Trinajstić information content (AvgIpc) is 3.32. The summed E-state index contributed by atoms with van der Waals surface area (Å²) in [5, 5.41) is 12.1. The van der Waals surface area contributed by atoms with Crippen molar-refractivity contribution in [2.24, 2.45) is 23.2 Å². The van der Waals surface area contributed by atoms with Crippen LogP contribution in [0.2, 0.25) is 0 Å². The van der Waals surface area contributed by atoms with Crippen molar-refractivity contribution >= 4 is 5.78 Å². The number of likely N-dealkylation sites (tertiary alicyclic amines) is 1. The van der Waals surface area contributed by atoms with Crippen molar-refractivity contribution in [1.29, 1.82) is 0 Å². The van der Waals surface area contributed by atoms with Gasteiger partial charge in [0.15, 0.2) is 5.78 Å². The lowest BCUT2D eigenvalue weighted by Gasteiger charge is -2.67. The Kier molecular flexibility index (Phi) is 2.81. The third-order valence-corrected chi connectivity index (χ3v) is 8.41. The van der Waals surface area contributed by atoms with Gasteiger partial charge in [-0.1, -0.05) is 12.7 Å². The van der Waals surface area contributed by atoms with E-state index in [0.717, 1.165) is 50.3 Å². The van der Waals surface area contributed by atoms with Crippen LogP contribution in [-0.4, -0.2) is 52.7 Å². The minimum absolute atomic E-state index is 0.0963. The fraction of sp³-hybridized carbons (Fsp3) is 0.762. The quantitative estimate of drug-likeness (QED) is 0.782. The van der Waals surface area contributed by atoms with Crippen molar-refractivity contribution in [2.75, 3.05) is 13.1 Å². The second-order valence-corrected chi connectivity index (χ2v) is 9.45. The zero-order valence-electron chi connectivity index (χ0n) is 14.7. The van der Waals surface area contributed by atoms with Gasteiger partial charge in [-0.25, -0.2) is 0 Å². The van der Waals surface area contributed by atoms with Crippen LogP contribution in [-0.2, 0) is 9.53 Å². The van der Waals surface area contributed by atoms with Crippen molar-refractivity contribution < 1.29 is 14.6 Å². The Labute approximate surface area is 148 Å². The number of piperidine rings is 1. The van der Waals surface area contributed by atoms with E-state index in [0.29, 0.717) is 5.92 Å². The number of nitrogens with zero attached hydrogens (tertiary/aromatic N) is 1. The third-order valence-electron chi connectivity index (χ3n) is 8.41. The number of ketones is 1. The maximum atomic E-state index is 12.5. The van der Waals surface area contributed by atoms with Crippen LogP contribution in [0.15, 0.2) is 24.3 Å². The van der Waals surface area contributed by atoms with Gasteiger partial charge in [-0.15, -0.1) is 0 Å². The Hall–Kier alpha value is -0.970. The molecule has 0 amide bonds. The summed E-state index contributed by atoms with van der Waals surface area (Å²) in [6, 6.07) is 0.207. The van der Waals surface area contributed by atoms with Gasteiger partial charge in [0.25, 0.3) is 0 Å². The molecule has 2 heterocycles. The maximum Gasteiger partial charge on any atom is 0.184 e. The summed E-state index contributed by atoms with van der Waals surface area (Å²) >= 11 is 0. The van der Waals surface area contributed by atoms with Crippen molar-refractivity contribution in [3.63, 3.8) is 0 Å². The molecule has 6 aliphatic rings. The standard InChI is InChI=1S/C21H27NO3/c1-12-6-7-21(24)16-10-14-4-5-15(23)18-17(14)20(21,19(12)25-18)8-9-22(16)11-13-2-3-13/h4-5,13-14,16-19,24H,1-3,6-11H2. The molecule has 4 heteroatoms. The van der Waals surface area contributed by atoms with E-state index in [2.05, 4.69) is 17.6 Å². The van der Waals surface area contributed by atoms with Gasteiger partial charge in [-0.2, -0.15) is 0 Å². The lowest BCUT2D eigenvalue weighted by atomic mass is 9.43. The minimum Gasteiger partial charge on any atom is -0.388 e. The smallest absolute Gasteiger partial charge is 0.184 e. The number of aliphatic hydroxyl groups is 1. The monoisotopic (exact) mass is 341 g/mol. The summed E-state index contributed by atoms with van der Waals surface area (Å²) < 4.78 is 6.37. The van der Waals surface area contributed by atoms with Crippen LogP contribution >= 0.6 is 0 Å². The molecular weight excluding hydrogens is 314 g/mol. The first-order valence-electron chi connectivity index (χ1n) is 10.1. The largest absolute Gasteiger partial charge is 0.388 e. The normalized spacial score (nSPS) is 53.9. The fourth-order valence-corrected chi connectivity index (χ4v) is 7.23. The van der Waals surface area contributed by atoms with Crippen LogP contribution in [0.4, 0.5) is 0 Å². The molecule has 1 spiro atoms. The highest BCUT2D eigenvalue weighted by Gasteiger charge is 2.76. The number of carbonyl (C=O) groups is 1. The molecule has 7 atom stereocenters. The van der Waals surface area contributed by atoms with Gasteiger partial charge >= 0.3 is 0 Å². The Morgan fingerprint density at radius 3 is 3.00 bits per heavy atom. The van der Waals surface area contributed by atoms with E-state index < -0.39 is 5.60 Å². The third kappa shape index (κ3) is 1.67. The van der Waals surface area contributed by atoms with Crippen LogP contribution in [0.25, 0.3) is 0 Å². The first-order valence-corrected chi connectivity index (χ1v) is 10.1. The number of hydrogen-bond donors (Lipinski definition) is 1. The number of allylic oxidation sites excluding steroid dienone is 1. The zero-order chi connectivity index (χ0) is 17.0. The van der Waals surface area contributed by atoms with Crippen LogP contribution in [0.5, 0.6) is 0 Å². The lowest BCUT2D eigenvalue weighted by Crippen LogP contribution is -2.76. The van der Waals surface area contributed by atoms with Crippen LogP contribution in [0.1, 0.15) is 38.5 Å². The molecule has 2 aliphatic heterocycles. The predicted molar refractivity (Wildman–Crippen MR) is 92.9 cm³/mol. The first-order chi connectivity index (χ1) is 12.0. The van der Waals surface area contributed by atoms with Gasteiger partial charge in [0.2, 0.25) is 0 Å². The molecule has 0 aromatic rings. The fourth-order valence-electron chi connectivity index (χ4n) is 7.23.